The van der Waals surface area contributed by atoms with E-state index in [2.05, 4.69) is 10.3 Å². The highest BCUT2D eigenvalue weighted by atomic mass is 35.5. The molecular weight excluding hydrogens is 492 g/mol. The molecule has 0 radical (unpaired) electrons. The average molecular weight is 522 g/mol. The van der Waals surface area contributed by atoms with Crippen molar-refractivity contribution in [1.29, 1.82) is 0 Å². The van der Waals surface area contributed by atoms with Crippen LogP contribution in [0.2, 0.25) is 5.02 Å². The molecule has 5 rings (SSSR count). The lowest BCUT2D eigenvalue weighted by atomic mass is 9.71. The zero-order valence-corrected chi connectivity index (χ0v) is 20.9. The molecule has 3 aliphatic rings. The van der Waals surface area contributed by atoms with Gasteiger partial charge in [-0.05, 0) is 68.6 Å². The lowest BCUT2D eigenvalue weighted by molar-refractivity contribution is -0.127. The number of halogens is 3. The van der Waals surface area contributed by atoms with Gasteiger partial charge in [0.25, 0.3) is 5.91 Å². The van der Waals surface area contributed by atoms with Gasteiger partial charge in [0.2, 0.25) is 0 Å². The highest BCUT2D eigenvalue weighted by molar-refractivity contribution is 6.30. The predicted molar refractivity (Wildman–Crippen MR) is 129 cm³/mol. The first-order valence-corrected chi connectivity index (χ1v) is 12.7. The van der Waals surface area contributed by atoms with Crippen LogP contribution in [0.4, 0.5) is 8.78 Å². The normalized spacial score (nSPS) is 25.1. The van der Waals surface area contributed by atoms with Gasteiger partial charge in [0.15, 0.2) is 6.23 Å². The van der Waals surface area contributed by atoms with E-state index >= 15 is 8.78 Å². The van der Waals surface area contributed by atoms with Crippen LogP contribution in [-0.2, 0) is 21.6 Å². The van der Waals surface area contributed by atoms with E-state index in [-0.39, 0.29) is 48.6 Å². The van der Waals surface area contributed by atoms with Crippen LogP contribution in [0.15, 0.2) is 30.5 Å². The summed E-state index contributed by atoms with van der Waals surface area (Å²) in [6, 6.07) is 5.95. The maximum atomic E-state index is 16.1. The van der Waals surface area contributed by atoms with Crippen molar-refractivity contribution in [2.24, 2.45) is 0 Å². The number of carbonyl (C=O) groups excluding carboxylic acids is 1. The van der Waals surface area contributed by atoms with Crippen molar-refractivity contribution < 1.29 is 28.2 Å². The molecule has 1 amide bonds. The molecule has 0 saturated carbocycles. The fourth-order valence-electron chi connectivity index (χ4n) is 5.49. The number of amides is 1. The number of rotatable bonds is 7. The van der Waals surface area contributed by atoms with E-state index in [1.165, 1.54) is 17.2 Å². The summed E-state index contributed by atoms with van der Waals surface area (Å²) in [5.74, 6) is -1.18. The highest BCUT2D eigenvalue weighted by Crippen LogP contribution is 2.47. The minimum absolute atomic E-state index is 0.0354. The smallest absolute Gasteiger partial charge is 0.257 e. The minimum atomic E-state index is -1.95. The second kappa shape index (κ2) is 9.95. The summed E-state index contributed by atoms with van der Waals surface area (Å²) in [6.45, 7) is 3.42. The van der Waals surface area contributed by atoms with E-state index in [9.17, 15) is 9.90 Å². The molecule has 3 atom stereocenters. The van der Waals surface area contributed by atoms with Crippen LogP contribution in [0, 0.1) is 5.82 Å². The maximum Gasteiger partial charge on any atom is 0.257 e. The third-order valence-corrected chi connectivity index (χ3v) is 7.83. The van der Waals surface area contributed by atoms with Gasteiger partial charge < -0.3 is 24.8 Å². The average Bonchev–Trinajstić information content (AvgIpc) is 3.48. The first-order valence-electron chi connectivity index (χ1n) is 12.4. The summed E-state index contributed by atoms with van der Waals surface area (Å²) < 4.78 is 43.5. The number of hydrogen-bond donors (Lipinski definition) is 2. The summed E-state index contributed by atoms with van der Waals surface area (Å²) in [5.41, 5.74) is -3.12. The second-order valence-corrected chi connectivity index (χ2v) is 10.2. The third kappa shape index (κ3) is 4.41. The van der Waals surface area contributed by atoms with Gasteiger partial charge in [-0.1, -0.05) is 18.5 Å². The highest BCUT2D eigenvalue weighted by Gasteiger charge is 2.53. The molecular formula is C26H30ClF2N3O4. The Morgan fingerprint density at radius 2 is 2.14 bits per heavy atom. The van der Waals surface area contributed by atoms with Gasteiger partial charge in [-0.3, -0.25) is 9.78 Å². The van der Waals surface area contributed by atoms with Crippen LogP contribution in [0.1, 0.15) is 66.0 Å². The number of alkyl halides is 1. The van der Waals surface area contributed by atoms with Crippen molar-refractivity contribution in [1.82, 2.24) is 15.2 Å². The maximum absolute atomic E-state index is 16.1. The van der Waals surface area contributed by atoms with Crippen LogP contribution in [0.25, 0.3) is 0 Å². The lowest BCUT2D eigenvalue weighted by Gasteiger charge is -2.44. The third-order valence-electron chi connectivity index (χ3n) is 7.61. The van der Waals surface area contributed by atoms with Crippen LogP contribution >= 0.6 is 11.6 Å². The number of carbonyl (C=O) groups is 1. The minimum Gasteiger partial charge on any atom is -0.382 e. The number of nitrogens with one attached hydrogen (secondary N) is 1. The molecule has 2 unspecified atom stereocenters. The molecule has 7 nitrogen and oxygen atoms in total. The molecule has 3 aliphatic heterocycles. The number of nitrogens with zero attached hydrogens (tertiary/aromatic N) is 2. The van der Waals surface area contributed by atoms with Crippen LogP contribution < -0.4 is 5.32 Å². The Kier molecular flexibility index (Phi) is 7.04. The Balaban J connectivity index is 1.55. The molecule has 2 fully saturated rings. The first kappa shape index (κ1) is 25.5. The SMILES string of the molecule is CCC(O)(c1cc(F)c2c(c1)C(=O)N(Cc1ccc(Cl)cn1)C2O[C@H]1CCOC1)C1(F)CCNCC1. The fourth-order valence-corrected chi connectivity index (χ4v) is 5.60. The van der Waals surface area contributed by atoms with Crippen LogP contribution in [0.3, 0.4) is 0 Å². The molecule has 0 aliphatic carbocycles. The summed E-state index contributed by atoms with van der Waals surface area (Å²) in [6.07, 6.45) is 1.01. The quantitative estimate of drug-likeness (QED) is 0.572. The molecule has 1 aromatic carbocycles. The second-order valence-electron chi connectivity index (χ2n) is 9.72. The zero-order chi connectivity index (χ0) is 25.5. The van der Waals surface area contributed by atoms with Crippen molar-refractivity contribution in [3.63, 3.8) is 0 Å². The van der Waals surface area contributed by atoms with E-state index < -0.39 is 29.2 Å². The number of ether oxygens (including phenoxy) is 2. The van der Waals surface area contributed by atoms with Gasteiger partial charge in [-0.15, -0.1) is 0 Å². The Morgan fingerprint density at radius 3 is 2.78 bits per heavy atom. The number of hydrogen-bond acceptors (Lipinski definition) is 6. The van der Waals surface area contributed by atoms with E-state index in [4.69, 9.17) is 21.1 Å². The molecule has 1 aromatic heterocycles. The molecule has 194 valence electrons. The molecule has 0 spiro atoms. The van der Waals surface area contributed by atoms with Gasteiger partial charge in [0.1, 0.15) is 17.1 Å². The number of aromatic nitrogens is 1. The molecule has 2 aromatic rings. The summed E-state index contributed by atoms with van der Waals surface area (Å²) >= 11 is 5.95. The van der Waals surface area contributed by atoms with E-state index in [1.807, 2.05) is 0 Å². The van der Waals surface area contributed by atoms with Crippen molar-refractivity contribution in [2.75, 3.05) is 26.3 Å². The van der Waals surface area contributed by atoms with Gasteiger partial charge in [-0.2, -0.15) is 0 Å². The Hall–Kier alpha value is -2.17. The number of piperidine rings is 1. The van der Waals surface area contributed by atoms with Gasteiger partial charge >= 0.3 is 0 Å². The molecule has 2 saturated heterocycles. The van der Waals surface area contributed by atoms with Gasteiger partial charge in [0, 0.05) is 18.4 Å². The standard InChI is InChI=1S/C26H30ClF2N3O4/c1-2-26(34,25(29)6-8-30-9-7-25)16-11-20-22(21(28)12-16)24(36-19-5-10-35-15-19)32(23(20)33)14-18-4-3-17(27)13-31-18/h3-4,11-13,19,24,30,34H,2,5-10,14-15H2,1H3/t19-,24?,26?/m0/s1. The van der Waals surface area contributed by atoms with Gasteiger partial charge in [-0.25, -0.2) is 8.78 Å². The van der Waals surface area contributed by atoms with Crippen LogP contribution in [0.5, 0.6) is 0 Å². The van der Waals surface area contributed by atoms with E-state index in [0.717, 1.165) is 6.07 Å². The Morgan fingerprint density at radius 1 is 1.36 bits per heavy atom. The van der Waals surface area contributed by atoms with Crippen LogP contribution in [-0.4, -0.2) is 59.0 Å². The number of pyridine rings is 1. The molecule has 10 heteroatoms. The number of benzene rings is 1. The fraction of sp³-hybridized carbons (Fsp3) is 0.538. The summed E-state index contributed by atoms with van der Waals surface area (Å²) in [5, 5.41) is 15.1. The monoisotopic (exact) mass is 521 g/mol. The van der Waals surface area contributed by atoms with Crippen molar-refractivity contribution in [3.8, 4) is 0 Å². The van der Waals surface area contributed by atoms with E-state index in [1.54, 1.807) is 19.1 Å². The molecule has 2 N–H and O–H groups in total. The lowest BCUT2D eigenvalue weighted by Crippen LogP contribution is -2.53. The summed E-state index contributed by atoms with van der Waals surface area (Å²) in [7, 11) is 0. The van der Waals surface area contributed by atoms with Crippen molar-refractivity contribution in [2.45, 2.75) is 62.8 Å². The first-order chi connectivity index (χ1) is 17.3. The summed E-state index contributed by atoms with van der Waals surface area (Å²) in [4.78, 5) is 19.3. The van der Waals surface area contributed by atoms with Gasteiger partial charge in [0.05, 0.1) is 35.5 Å². The zero-order valence-electron chi connectivity index (χ0n) is 20.1. The van der Waals surface area contributed by atoms with Crippen molar-refractivity contribution in [3.05, 3.63) is 63.7 Å². The predicted octanol–water partition coefficient (Wildman–Crippen LogP) is 4.02. The molecule has 0 bridgehead atoms. The number of aliphatic hydroxyl groups is 1. The topological polar surface area (TPSA) is 83.9 Å². The molecule has 4 heterocycles. The number of fused-ring (bicyclic) bond motifs is 1. The Bertz CT molecular complexity index is 1120. The molecule has 36 heavy (non-hydrogen) atoms. The largest absolute Gasteiger partial charge is 0.382 e. The van der Waals surface area contributed by atoms with E-state index in [0.29, 0.717) is 43.4 Å². The Labute approximate surface area is 213 Å². The van der Waals surface area contributed by atoms with Crippen molar-refractivity contribution >= 4 is 17.5 Å².